The van der Waals surface area contributed by atoms with Crippen LogP contribution in [0.5, 0.6) is 11.5 Å². The van der Waals surface area contributed by atoms with Gasteiger partial charge in [0.05, 0.1) is 24.9 Å². The average Bonchev–Trinajstić information content (AvgIpc) is 2.60. The monoisotopic (exact) mass is 407 g/mol. The summed E-state index contributed by atoms with van der Waals surface area (Å²) in [5, 5.41) is 7.67. The van der Waals surface area contributed by atoms with Crippen molar-refractivity contribution in [3.63, 3.8) is 0 Å². The lowest BCUT2D eigenvalue weighted by molar-refractivity contribution is 0.353. The summed E-state index contributed by atoms with van der Waals surface area (Å²) in [7, 11) is 3.18. The molecule has 24 heavy (non-hydrogen) atoms. The zero-order chi connectivity index (χ0) is 17.4. The van der Waals surface area contributed by atoms with Gasteiger partial charge < -0.3 is 14.8 Å². The molecule has 0 aromatic heterocycles. The molecule has 0 spiro atoms. The highest BCUT2D eigenvalue weighted by Crippen LogP contribution is 2.35. The number of nitrogens with zero attached hydrogens (tertiary/aromatic N) is 1. The van der Waals surface area contributed by atoms with Gasteiger partial charge in [-0.3, -0.25) is 5.43 Å². The molecule has 0 unspecified atom stereocenters. The fourth-order valence-corrected chi connectivity index (χ4v) is 2.74. The van der Waals surface area contributed by atoms with E-state index in [4.69, 9.17) is 21.7 Å². The molecule has 7 heteroatoms. The predicted octanol–water partition coefficient (Wildman–Crippen LogP) is 3.46. The standard InChI is InChI=1S/C17H18BrN3O2S/c1-22-15-9-13(8-14(18)16(15)23-2)11-20-21-17(24)19-10-12-6-4-3-5-7-12/h3-9,11H,10H2,1-2H3,(H2,19,21,24)/b20-11-. The normalized spacial score (nSPS) is 10.5. The van der Waals surface area contributed by atoms with E-state index in [1.54, 1.807) is 20.4 Å². The highest BCUT2D eigenvalue weighted by molar-refractivity contribution is 9.10. The molecule has 5 nitrogen and oxygen atoms in total. The van der Waals surface area contributed by atoms with E-state index in [1.165, 1.54) is 0 Å². The zero-order valence-electron chi connectivity index (χ0n) is 13.4. The SMILES string of the molecule is COc1cc(/C=N\NC(=S)NCc2ccccc2)cc(Br)c1OC. The molecule has 0 bridgehead atoms. The van der Waals surface area contributed by atoms with Crippen molar-refractivity contribution in [2.24, 2.45) is 5.10 Å². The van der Waals surface area contributed by atoms with Gasteiger partial charge in [0.1, 0.15) is 0 Å². The van der Waals surface area contributed by atoms with Gasteiger partial charge in [0.25, 0.3) is 0 Å². The molecule has 0 aliphatic heterocycles. The second kappa shape index (κ2) is 9.24. The molecule has 2 rings (SSSR count). The van der Waals surface area contributed by atoms with E-state index in [1.807, 2.05) is 42.5 Å². The van der Waals surface area contributed by atoms with Crippen molar-refractivity contribution in [2.75, 3.05) is 14.2 Å². The molecular weight excluding hydrogens is 390 g/mol. The van der Waals surface area contributed by atoms with Gasteiger partial charge in [0.15, 0.2) is 16.6 Å². The summed E-state index contributed by atoms with van der Waals surface area (Å²) in [6.45, 7) is 0.643. The highest BCUT2D eigenvalue weighted by atomic mass is 79.9. The minimum absolute atomic E-state index is 0.453. The fraction of sp³-hybridized carbons (Fsp3) is 0.176. The van der Waals surface area contributed by atoms with Gasteiger partial charge >= 0.3 is 0 Å². The van der Waals surface area contributed by atoms with Crippen LogP contribution in [0.3, 0.4) is 0 Å². The largest absolute Gasteiger partial charge is 0.493 e. The molecular formula is C17H18BrN3O2S. The molecule has 2 N–H and O–H groups in total. The number of hydrogen-bond donors (Lipinski definition) is 2. The Kier molecular flexibility index (Phi) is 7.02. The molecule has 0 atom stereocenters. The summed E-state index contributed by atoms with van der Waals surface area (Å²) < 4.78 is 11.4. The molecule has 0 saturated carbocycles. The number of nitrogens with one attached hydrogen (secondary N) is 2. The molecule has 0 aliphatic carbocycles. The summed E-state index contributed by atoms with van der Waals surface area (Å²) in [4.78, 5) is 0. The van der Waals surface area contributed by atoms with Crippen LogP contribution in [0, 0.1) is 0 Å². The molecule has 2 aromatic carbocycles. The maximum absolute atomic E-state index is 5.30. The van der Waals surface area contributed by atoms with Gasteiger partial charge in [-0.15, -0.1) is 0 Å². The molecule has 126 valence electrons. The number of rotatable bonds is 6. The minimum atomic E-state index is 0.453. The van der Waals surface area contributed by atoms with Gasteiger partial charge in [-0.2, -0.15) is 5.10 Å². The van der Waals surface area contributed by atoms with Crippen LogP contribution >= 0.6 is 28.1 Å². The number of halogens is 1. The molecule has 0 fully saturated rings. The van der Waals surface area contributed by atoms with Crippen LogP contribution < -0.4 is 20.2 Å². The van der Waals surface area contributed by atoms with E-state index in [0.29, 0.717) is 23.2 Å². The van der Waals surface area contributed by atoms with Crippen molar-refractivity contribution in [1.82, 2.24) is 10.7 Å². The van der Waals surface area contributed by atoms with Gasteiger partial charge in [-0.1, -0.05) is 30.3 Å². The van der Waals surface area contributed by atoms with Gasteiger partial charge in [-0.05, 0) is 51.4 Å². The highest BCUT2D eigenvalue weighted by Gasteiger charge is 2.09. The Morgan fingerprint density at radius 2 is 1.96 bits per heavy atom. The number of hydrogen-bond acceptors (Lipinski definition) is 4. The first kappa shape index (κ1) is 18.2. The van der Waals surface area contributed by atoms with E-state index in [2.05, 4.69) is 31.8 Å². The molecule has 0 radical (unpaired) electrons. The Labute approximate surface area is 155 Å². The quantitative estimate of drug-likeness (QED) is 0.436. The topological polar surface area (TPSA) is 54.9 Å². The third kappa shape index (κ3) is 5.21. The van der Waals surface area contributed by atoms with E-state index in [-0.39, 0.29) is 0 Å². The summed E-state index contributed by atoms with van der Waals surface area (Å²) in [6, 6.07) is 13.7. The number of thiocarbonyl (C=S) groups is 1. The molecule has 0 amide bonds. The first-order chi connectivity index (χ1) is 11.6. The first-order valence-corrected chi connectivity index (χ1v) is 8.36. The van der Waals surface area contributed by atoms with Crippen LogP contribution in [0.25, 0.3) is 0 Å². The fourth-order valence-electron chi connectivity index (χ4n) is 2.00. The summed E-state index contributed by atoms with van der Waals surface area (Å²) in [5.74, 6) is 1.26. The van der Waals surface area contributed by atoms with Crippen molar-refractivity contribution in [3.8, 4) is 11.5 Å². The smallest absolute Gasteiger partial charge is 0.187 e. The maximum atomic E-state index is 5.30. The van der Waals surface area contributed by atoms with E-state index in [0.717, 1.165) is 15.6 Å². The Bertz CT molecular complexity index is 723. The third-order valence-electron chi connectivity index (χ3n) is 3.13. The summed E-state index contributed by atoms with van der Waals surface area (Å²) >= 11 is 8.64. The van der Waals surface area contributed by atoms with Crippen molar-refractivity contribution >= 4 is 39.5 Å². The van der Waals surface area contributed by atoms with E-state index >= 15 is 0 Å². The van der Waals surface area contributed by atoms with Crippen molar-refractivity contribution < 1.29 is 9.47 Å². The molecule has 2 aromatic rings. The summed E-state index contributed by atoms with van der Waals surface area (Å²) in [5.41, 5.74) is 4.78. The van der Waals surface area contributed by atoms with E-state index < -0.39 is 0 Å². The zero-order valence-corrected chi connectivity index (χ0v) is 15.8. The number of benzene rings is 2. The molecule has 0 heterocycles. The average molecular weight is 408 g/mol. The Hall–Kier alpha value is -2.12. The lowest BCUT2D eigenvalue weighted by Gasteiger charge is -2.10. The van der Waals surface area contributed by atoms with Crippen LogP contribution in [0.2, 0.25) is 0 Å². The van der Waals surface area contributed by atoms with E-state index in [9.17, 15) is 0 Å². The van der Waals surface area contributed by atoms with Gasteiger partial charge in [0.2, 0.25) is 0 Å². The van der Waals surface area contributed by atoms with Crippen molar-refractivity contribution in [2.45, 2.75) is 6.54 Å². The second-order valence-electron chi connectivity index (χ2n) is 4.78. The Morgan fingerprint density at radius 3 is 2.62 bits per heavy atom. The first-order valence-electron chi connectivity index (χ1n) is 7.16. The number of hydrazone groups is 1. The minimum Gasteiger partial charge on any atom is -0.493 e. The van der Waals surface area contributed by atoms with Crippen molar-refractivity contribution in [3.05, 3.63) is 58.1 Å². The van der Waals surface area contributed by atoms with Crippen LogP contribution in [0.15, 0.2) is 52.0 Å². The third-order valence-corrected chi connectivity index (χ3v) is 3.96. The summed E-state index contributed by atoms with van der Waals surface area (Å²) in [6.07, 6.45) is 1.66. The Balaban J connectivity index is 1.91. The molecule has 0 aliphatic rings. The predicted molar refractivity (Wildman–Crippen MR) is 104 cm³/mol. The lowest BCUT2D eigenvalue weighted by Crippen LogP contribution is -2.31. The Morgan fingerprint density at radius 1 is 1.21 bits per heavy atom. The molecule has 0 saturated heterocycles. The number of methoxy groups -OCH3 is 2. The second-order valence-corrected chi connectivity index (χ2v) is 6.04. The van der Waals surface area contributed by atoms with Gasteiger partial charge in [0, 0.05) is 6.54 Å². The van der Waals surface area contributed by atoms with Crippen molar-refractivity contribution in [1.29, 1.82) is 0 Å². The van der Waals surface area contributed by atoms with Crippen LogP contribution in [-0.4, -0.2) is 25.5 Å². The van der Waals surface area contributed by atoms with Crippen LogP contribution in [-0.2, 0) is 6.54 Å². The van der Waals surface area contributed by atoms with Crippen LogP contribution in [0.4, 0.5) is 0 Å². The maximum Gasteiger partial charge on any atom is 0.187 e. The van der Waals surface area contributed by atoms with Crippen LogP contribution in [0.1, 0.15) is 11.1 Å². The number of ether oxygens (including phenoxy) is 2. The van der Waals surface area contributed by atoms with Gasteiger partial charge in [-0.25, -0.2) is 0 Å². The lowest BCUT2D eigenvalue weighted by atomic mass is 10.2.